The van der Waals surface area contributed by atoms with Crippen molar-refractivity contribution in [3.05, 3.63) is 96.1 Å². The monoisotopic (exact) mass is 484 g/mol. The number of ketones is 1. The van der Waals surface area contributed by atoms with Gasteiger partial charge in [0, 0.05) is 5.57 Å². The SMILES string of the molecule is C=C(C)/C(=C(\C(C)=O)c1ccccc1)c1ccccc1.C=C(CCC)CC1CCCCC1CCCC. The highest BCUT2D eigenvalue weighted by atomic mass is 16.1. The Morgan fingerprint density at radius 1 is 0.778 bits per heavy atom. The Labute approximate surface area is 221 Å². The van der Waals surface area contributed by atoms with Crippen LogP contribution in [0, 0.1) is 11.8 Å². The summed E-state index contributed by atoms with van der Waals surface area (Å²) in [6, 6.07) is 19.7. The number of benzene rings is 2. The van der Waals surface area contributed by atoms with E-state index in [9.17, 15) is 4.79 Å². The Kier molecular flexibility index (Phi) is 13.3. The third-order valence-corrected chi connectivity index (χ3v) is 7.30. The summed E-state index contributed by atoms with van der Waals surface area (Å²) in [6.07, 6.45) is 14.0. The first-order valence-corrected chi connectivity index (χ1v) is 14.1. The number of carbonyl (C=O) groups is 1. The Bertz CT molecular complexity index is 920. The second kappa shape index (κ2) is 16.1. The molecule has 0 aliphatic heterocycles. The minimum Gasteiger partial charge on any atom is -0.294 e. The minimum absolute atomic E-state index is 0.0538. The fourth-order valence-electron chi connectivity index (χ4n) is 5.56. The zero-order chi connectivity index (χ0) is 26.3. The van der Waals surface area contributed by atoms with Gasteiger partial charge in [-0.1, -0.05) is 138 Å². The Hall–Kier alpha value is -2.67. The highest BCUT2D eigenvalue weighted by molar-refractivity contribution is 6.28. The molecule has 36 heavy (non-hydrogen) atoms. The van der Waals surface area contributed by atoms with E-state index in [2.05, 4.69) is 27.0 Å². The van der Waals surface area contributed by atoms with Crippen molar-refractivity contribution < 1.29 is 4.79 Å². The zero-order valence-electron chi connectivity index (χ0n) is 23.3. The van der Waals surface area contributed by atoms with E-state index in [1.165, 1.54) is 69.8 Å². The van der Waals surface area contributed by atoms with Gasteiger partial charge in [0.15, 0.2) is 5.78 Å². The van der Waals surface area contributed by atoms with Crippen LogP contribution in [0.15, 0.2) is 85.0 Å². The van der Waals surface area contributed by atoms with Crippen LogP contribution >= 0.6 is 0 Å². The Morgan fingerprint density at radius 3 is 1.78 bits per heavy atom. The average Bonchev–Trinajstić information content (AvgIpc) is 2.88. The van der Waals surface area contributed by atoms with Crippen molar-refractivity contribution in [1.82, 2.24) is 0 Å². The van der Waals surface area contributed by atoms with Crippen molar-refractivity contribution in [3.8, 4) is 0 Å². The van der Waals surface area contributed by atoms with Crippen molar-refractivity contribution in [3.63, 3.8) is 0 Å². The normalized spacial score (nSPS) is 17.9. The van der Waals surface area contributed by atoms with Crippen LogP contribution in [0.2, 0.25) is 0 Å². The lowest BCUT2D eigenvalue weighted by Crippen LogP contribution is -2.20. The molecule has 1 aliphatic rings. The molecular formula is C35H48O. The van der Waals surface area contributed by atoms with E-state index in [-0.39, 0.29) is 5.78 Å². The Balaban J connectivity index is 0.000000261. The summed E-state index contributed by atoms with van der Waals surface area (Å²) in [5, 5.41) is 0. The van der Waals surface area contributed by atoms with Gasteiger partial charge in [-0.05, 0) is 67.2 Å². The summed E-state index contributed by atoms with van der Waals surface area (Å²) in [4.78, 5) is 12.2. The summed E-state index contributed by atoms with van der Waals surface area (Å²) >= 11 is 0. The number of hydrogen-bond acceptors (Lipinski definition) is 1. The molecule has 2 aromatic carbocycles. The standard InChI is InChI=1S/C19H18O.C16H30/c1-14(2)18(16-10-6-4-7-11-16)19(15(3)20)17-12-8-5-9-13-17;1-4-6-10-15-11-7-8-12-16(15)13-14(3)9-5-2/h4-13H,1H2,2-3H3;15-16H,3-13H2,1-2H3/b19-18-;. The van der Waals surface area contributed by atoms with Crippen LogP contribution in [-0.4, -0.2) is 5.78 Å². The smallest absolute Gasteiger partial charge is 0.161 e. The molecule has 1 heteroatoms. The van der Waals surface area contributed by atoms with Crippen LogP contribution in [0.1, 0.15) is 103 Å². The van der Waals surface area contributed by atoms with E-state index in [0.717, 1.165) is 39.7 Å². The van der Waals surface area contributed by atoms with Crippen LogP contribution in [0.3, 0.4) is 0 Å². The number of Topliss-reactive ketones (excluding diaryl/α,β-unsaturated/α-hetero) is 1. The first-order valence-electron chi connectivity index (χ1n) is 14.1. The fraction of sp³-hybridized carbons (Fsp3) is 0.457. The second-order valence-corrected chi connectivity index (χ2v) is 10.5. The molecule has 3 rings (SSSR count). The number of allylic oxidation sites excluding steroid dienone is 4. The lowest BCUT2D eigenvalue weighted by Gasteiger charge is -2.32. The molecular weight excluding hydrogens is 436 g/mol. The predicted molar refractivity (Wildman–Crippen MR) is 159 cm³/mol. The number of unbranched alkanes of at least 4 members (excludes halogenated alkanes) is 1. The predicted octanol–water partition coefficient (Wildman–Crippen LogP) is 10.5. The highest BCUT2D eigenvalue weighted by Gasteiger charge is 2.24. The minimum atomic E-state index is 0.0538. The summed E-state index contributed by atoms with van der Waals surface area (Å²) in [5.41, 5.74) is 6.01. The summed E-state index contributed by atoms with van der Waals surface area (Å²) in [5.74, 6) is 2.04. The molecule has 0 amide bonds. The first-order chi connectivity index (χ1) is 17.4. The average molecular weight is 485 g/mol. The third kappa shape index (κ3) is 9.41. The second-order valence-electron chi connectivity index (χ2n) is 10.5. The van der Waals surface area contributed by atoms with Gasteiger partial charge in [-0.3, -0.25) is 4.79 Å². The molecule has 1 saturated carbocycles. The van der Waals surface area contributed by atoms with E-state index in [1.807, 2.05) is 67.6 Å². The molecule has 0 saturated heterocycles. The lowest BCUT2D eigenvalue weighted by atomic mass is 9.74. The molecule has 0 bridgehead atoms. The molecule has 0 aromatic heterocycles. The van der Waals surface area contributed by atoms with E-state index >= 15 is 0 Å². The van der Waals surface area contributed by atoms with Crippen LogP contribution in [-0.2, 0) is 4.79 Å². The van der Waals surface area contributed by atoms with E-state index < -0.39 is 0 Å². The van der Waals surface area contributed by atoms with Gasteiger partial charge in [0.25, 0.3) is 0 Å². The van der Waals surface area contributed by atoms with Gasteiger partial charge in [-0.15, -0.1) is 0 Å². The van der Waals surface area contributed by atoms with Crippen LogP contribution in [0.4, 0.5) is 0 Å². The molecule has 2 unspecified atom stereocenters. The van der Waals surface area contributed by atoms with Crippen LogP contribution in [0.25, 0.3) is 11.1 Å². The highest BCUT2D eigenvalue weighted by Crippen LogP contribution is 2.37. The first kappa shape index (κ1) is 29.6. The van der Waals surface area contributed by atoms with Gasteiger partial charge in [0.2, 0.25) is 0 Å². The van der Waals surface area contributed by atoms with Gasteiger partial charge >= 0.3 is 0 Å². The molecule has 0 N–H and O–H groups in total. The van der Waals surface area contributed by atoms with Gasteiger partial charge in [-0.2, -0.15) is 0 Å². The molecule has 1 fully saturated rings. The van der Waals surface area contributed by atoms with Gasteiger partial charge in [-0.25, -0.2) is 0 Å². The Morgan fingerprint density at radius 2 is 1.31 bits per heavy atom. The van der Waals surface area contributed by atoms with E-state index in [1.54, 1.807) is 6.92 Å². The molecule has 1 aliphatic carbocycles. The molecule has 194 valence electrons. The lowest BCUT2D eigenvalue weighted by molar-refractivity contribution is -0.111. The maximum Gasteiger partial charge on any atom is 0.161 e. The van der Waals surface area contributed by atoms with Crippen molar-refractivity contribution in [2.24, 2.45) is 11.8 Å². The zero-order valence-corrected chi connectivity index (χ0v) is 23.3. The van der Waals surface area contributed by atoms with Crippen molar-refractivity contribution in [2.45, 2.75) is 91.9 Å². The van der Waals surface area contributed by atoms with Gasteiger partial charge in [0.1, 0.15) is 0 Å². The van der Waals surface area contributed by atoms with E-state index in [4.69, 9.17) is 0 Å². The maximum absolute atomic E-state index is 12.2. The van der Waals surface area contributed by atoms with Gasteiger partial charge in [0.05, 0.1) is 0 Å². The van der Waals surface area contributed by atoms with Crippen LogP contribution in [0.5, 0.6) is 0 Å². The van der Waals surface area contributed by atoms with Crippen LogP contribution < -0.4 is 0 Å². The topological polar surface area (TPSA) is 17.1 Å². The molecule has 0 heterocycles. The fourth-order valence-corrected chi connectivity index (χ4v) is 5.56. The summed E-state index contributed by atoms with van der Waals surface area (Å²) in [6.45, 7) is 16.4. The largest absolute Gasteiger partial charge is 0.294 e. The maximum atomic E-state index is 12.2. The molecule has 2 atom stereocenters. The molecule has 0 radical (unpaired) electrons. The number of rotatable bonds is 11. The van der Waals surface area contributed by atoms with Crippen molar-refractivity contribution >= 4 is 16.9 Å². The number of carbonyl (C=O) groups excluding carboxylic acids is 1. The molecule has 0 spiro atoms. The van der Waals surface area contributed by atoms with Crippen molar-refractivity contribution in [2.75, 3.05) is 0 Å². The van der Waals surface area contributed by atoms with Crippen molar-refractivity contribution in [1.29, 1.82) is 0 Å². The molecule has 1 nitrogen and oxygen atoms in total. The summed E-state index contributed by atoms with van der Waals surface area (Å²) < 4.78 is 0. The van der Waals surface area contributed by atoms with Gasteiger partial charge < -0.3 is 0 Å². The summed E-state index contributed by atoms with van der Waals surface area (Å²) in [7, 11) is 0. The third-order valence-electron chi connectivity index (χ3n) is 7.30. The van der Waals surface area contributed by atoms with E-state index in [0.29, 0.717) is 0 Å². The molecule has 2 aromatic rings. The number of hydrogen-bond donors (Lipinski definition) is 0. The quantitative estimate of drug-likeness (QED) is 0.134.